The zero-order valence-corrected chi connectivity index (χ0v) is 9.05. The molecule has 2 rings (SSSR count). The van der Waals surface area contributed by atoms with Gasteiger partial charge < -0.3 is 5.32 Å². The van der Waals surface area contributed by atoms with Crippen molar-refractivity contribution >= 4 is 11.4 Å². The second-order valence-electron chi connectivity index (χ2n) is 3.56. The van der Waals surface area contributed by atoms with Crippen molar-refractivity contribution in [2.75, 3.05) is 5.32 Å². The van der Waals surface area contributed by atoms with Crippen LogP contribution in [0.25, 0.3) is 0 Å². The summed E-state index contributed by atoms with van der Waals surface area (Å²) >= 11 is 0. The lowest BCUT2D eigenvalue weighted by molar-refractivity contribution is 0.589. The van der Waals surface area contributed by atoms with Gasteiger partial charge in [0.05, 0.1) is 11.6 Å². The third kappa shape index (κ3) is 2.43. The van der Waals surface area contributed by atoms with E-state index in [1.165, 1.54) is 18.2 Å². The van der Waals surface area contributed by atoms with E-state index < -0.39 is 23.1 Å². The van der Waals surface area contributed by atoms with E-state index in [0.717, 1.165) is 18.2 Å². The third-order valence-corrected chi connectivity index (χ3v) is 2.27. The summed E-state index contributed by atoms with van der Waals surface area (Å²) in [6.07, 6.45) is 0. The van der Waals surface area contributed by atoms with Crippen molar-refractivity contribution in [1.29, 1.82) is 5.26 Å². The number of hydrogen-bond acceptors (Lipinski definition) is 2. The van der Waals surface area contributed by atoms with E-state index in [0.29, 0.717) is 0 Å². The van der Waals surface area contributed by atoms with E-state index in [4.69, 9.17) is 5.26 Å². The summed E-state index contributed by atoms with van der Waals surface area (Å²) in [5.41, 5.74) is -0.313. The molecule has 0 atom stereocenters. The van der Waals surface area contributed by atoms with E-state index in [1.807, 2.05) is 0 Å². The van der Waals surface area contributed by atoms with Crippen LogP contribution in [0.15, 0.2) is 36.4 Å². The van der Waals surface area contributed by atoms with Gasteiger partial charge in [0.25, 0.3) is 0 Å². The minimum Gasteiger partial charge on any atom is -0.351 e. The molecule has 0 unspecified atom stereocenters. The highest BCUT2D eigenvalue weighted by Gasteiger charge is 2.11. The number of nitriles is 1. The minimum atomic E-state index is -0.907. The summed E-state index contributed by atoms with van der Waals surface area (Å²) in [6, 6.07) is 8.67. The van der Waals surface area contributed by atoms with Gasteiger partial charge in [0, 0.05) is 5.69 Å². The highest BCUT2D eigenvalue weighted by molar-refractivity contribution is 5.61. The lowest BCUT2D eigenvalue weighted by Gasteiger charge is -2.09. The Morgan fingerprint density at radius 1 is 1.00 bits per heavy atom. The lowest BCUT2D eigenvalue weighted by Crippen LogP contribution is -1.98. The number of benzene rings is 2. The monoisotopic (exact) mass is 248 g/mol. The summed E-state index contributed by atoms with van der Waals surface area (Å²) in [5, 5.41) is 11.0. The first kappa shape index (κ1) is 12.0. The van der Waals surface area contributed by atoms with E-state index in [9.17, 15) is 13.2 Å². The van der Waals surface area contributed by atoms with Crippen LogP contribution < -0.4 is 5.32 Å². The van der Waals surface area contributed by atoms with Crippen LogP contribution in [0.2, 0.25) is 0 Å². The van der Waals surface area contributed by atoms with Gasteiger partial charge in [-0.1, -0.05) is 6.07 Å². The molecule has 2 nitrogen and oxygen atoms in total. The average Bonchev–Trinajstić information content (AvgIpc) is 2.33. The van der Waals surface area contributed by atoms with E-state index >= 15 is 0 Å². The number of hydrogen-bond donors (Lipinski definition) is 1. The standard InChI is InChI=1S/C13H7F3N2/c14-9-2-1-3-10(6-9)18-13-11(15)4-8(7-17)5-12(13)16/h1-6,18H. The Kier molecular flexibility index (Phi) is 3.20. The van der Waals surface area contributed by atoms with Crippen molar-refractivity contribution in [3.8, 4) is 6.07 Å². The second-order valence-corrected chi connectivity index (χ2v) is 3.56. The van der Waals surface area contributed by atoms with Crippen LogP contribution in [0.5, 0.6) is 0 Å². The van der Waals surface area contributed by atoms with Gasteiger partial charge in [0.1, 0.15) is 11.5 Å². The highest BCUT2D eigenvalue weighted by Crippen LogP contribution is 2.24. The van der Waals surface area contributed by atoms with E-state index in [1.54, 1.807) is 6.07 Å². The fourth-order valence-electron chi connectivity index (χ4n) is 1.47. The van der Waals surface area contributed by atoms with Crippen LogP contribution >= 0.6 is 0 Å². The third-order valence-electron chi connectivity index (χ3n) is 2.27. The average molecular weight is 248 g/mol. The first-order chi connectivity index (χ1) is 8.60. The van der Waals surface area contributed by atoms with Crippen LogP contribution in [0.4, 0.5) is 24.5 Å². The van der Waals surface area contributed by atoms with Crippen molar-refractivity contribution in [2.24, 2.45) is 0 Å². The molecule has 0 spiro atoms. The van der Waals surface area contributed by atoms with Crippen LogP contribution in [0.3, 0.4) is 0 Å². The van der Waals surface area contributed by atoms with Crippen LogP contribution in [0.1, 0.15) is 5.56 Å². The molecule has 2 aromatic rings. The number of nitrogens with one attached hydrogen (secondary N) is 1. The number of anilines is 2. The molecule has 90 valence electrons. The largest absolute Gasteiger partial charge is 0.351 e. The highest BCUT2D eigenvalue weighted by atomic mass is 19.1. The maximum atomic E-state index is 13.5. The molecule has 5 heteroatoms. The summed E-state index contributed by atoms with van der Waals surface area (Å²) in [7, 11) is 0. The maximum absolute atomic E-state index is 13.5. The molecule has 0 radical (unpaired) electrons. The fraction of sp³-hybridized carbons (Fsp3) is 0. The van der Waals surface area contributed by atoms with Gasteiger partial charge in [-0.05, 0) is 30.3 Å². The van der Waals surface area contributed by atoms with Crippen molar-refractivity contribution in [2.45, 2.75) is 0 Å². The molecule has 1 N–H and O–H groups in total. The summed E-state index contributed by atoms with van der Waals surface area (Å²) in [4.78, 5) is 0. The second kappa shape index (κ2) is 4.80. The van der Waals surface area contributed by atoms with Crippen molar-refractivity contribution in [1.82, 2.24) is 0 Å². The predicted octanol–water partition coefficient (Wildman–Crippen LogP) is 3.72. The number of halogens is 3. The minimum absolute atomic E-state index is 0.116. The quantitative estimate of drug-likeness (QED) is 0.879. The molecule has 0 saturated heterocycles. The SMILES string of the molecule is N#Cc1cc(F)c(Nc2cccc(F)c2)c(F)c1. The molecule has 18 heavy (non-hydrogen) atoms. The Morgan fingerprint density at radius 3 is 2.22 bits per heavy atom. The van der Waals surface area contributed by atoms with Gasteiger partial charge in [-0.2, -0.15) is 5.26 Å². The molecule has 0 heterocycles. The first-order valence-electron chi connectivity index (χ1n) is 5.02. The molecular weight excluding hydrogens is 241 g/mol. The molecule has 0 aliphatic carbocycles. The van der Waals surface area contributed by atoms with Crippen LogP contribution in [-0.2, 0) is 0 Å². The zero-order chi connectivity index (χ0) is 13.1. The van der Waals surface area contributed by atoms with Crippen molar-refractivity contribution in [3.05, 3.63) is 59.4 Å². The van der Waals surface area contributed by atoms with Crippen molar-refractivity contribution < 1.29 is 13.2 Å². The topological polar surface area (TPSA) is 35.8 Å². The molecule has 0 saturated carbocycles. The Labute approximate surface area is 101 Å². The molecule has 0 aliphatic heterocycles. The molecule has 0 fully saturated rings. The van der Waals surface area contributed by atoms with Gasteiger partial charge in [-0.15, -0.1) is 0 Å². The van der Waals surface area contributed by atoms with Gasteiger partial charge in [0.2, 0.25) is 0 Å². The van der Waals surface area contributed by atoms with E-state index in [-0.39, 0.29) is 11.3 Å². The Morgan fingerprint density at radius 2 is 1.67 bits per heavy atom. The fourth-order valence-corrected chi connectivity index (χ4v) is 1.47. The molecular formula is C13H7F3N2. The zero-order valence-electron chi connectivity index (χ0n) is 9.05. The Balaban J connectivity index is 2.38. The predicted molar refractivity (Wildman–Crippen MR) is 60.8 cm³/mol. The van der Waals surface area contributed by atoms with Crippen molar-refractivity contribution in [3.63, 3.8) is 0 Å². The summed E-state index contributed by atoms with van der Waals surface area (Å²) in [6.45, 7) is 0. The number of rotatable bonds is 2. The first-order valence-corrected chi connectivity index (χ1v) is 5.02. The Hall–Kier alpha value is -2.48. The van der Waals surface area contributed by atoms with Crippen LogP contribution in [0, 0.1) is 28.8 Å². The van der Waals surface area contributed by atoms with Gasteiger partial charge in [0.15, 0.2) is 11.6 Å². The molecule has 0 amide bonds. The molecule has 0 aromatic heterocycles. The summed E-state index contributed by atoms with van der Waals surface area (Å²) < 4.78 is 40.0. The molecule has 0 bridgehead atoms. The van der Waals surface area contributed by atoms with Gasteiger partial charge >= 0.3 is 0 Å². The summed E-state index contributed by atoms with van der Waals surface area (Å²) in [5.74, 6) is -2.33. The lowest BCUT2D eigenvalue weighted by atomic mass is 10.2. The molecule has 2 aromatic carbocycles. The van der Waals surface area contributed by atoms with Crippen LogP contribution in [-0.4, -0.2) is 0 Å². The van der Waals surface area contributed by atoms with Gasteiger partial charge in [-0.3, -0.25) is 0 Å². The van der Waals surface area contributed by atoms with Gasteiger partial charge in [-0.25, -0.2) is 13.2 Å². The maximum Gasteiger partial charge on any atom is 0.150 e. The normalized spacial score (nSPS) is 9.89. The number of nitrogens with zero attached hydrogens (tertiary/aromatic N) is 1. The Bertz CT molecular complexity index is 609. The van der Waals surface area contributed by atoms with E-state index in [2.05, 4.69) is 5.32 Å². The molecule has 0 aliphatic rings. The smallest absolute Gasteiger partial charge is 0.150 e.